The van der Waals surface area contributed by atoms with Crippen molar-refractivity contribution in [1.29, 1.82) is 0 Å². The van der Waals surface area contributed by atoms with E-state index in [1.54, 1.807) is 6.08 Å². The summed E-state index contributed by atoms with van der Waals surface area (Å²) in [7, 11) is 0. The van der Waals surface area contributed by atoms with Crippen LogP contribution in [0.15, 0.2) is 23.8 Å². The summed E-state index contributed by atoms with van der Waals surface area (Å²) in [6, 6.07) is 0. The number of carbonyl (C=O) groups is 1. The van der Waals surface area contributed by atoms with Crippen LogP contribution in [0.2, 0.25) is 0 Å². The van der Waals surface area contributed by atoms with Crippen LogP contribution < -0.4 is 0 Å². The lowest BCUT2D eigenvalue weighted by atomic mass is 9.75. The van der Waals surface area contributed by atoms with E-state index >= 15 is 0 Å². The van der Waals surface area contributed by atoms with Gasteiger partial charge < -0.3 is 0 Å². The number of rotatable bonds is 4. The Bertz CT molecular complexity index is 235. The first-order valence-electron chi connectivity index (χ1n) is 4.58. The molecule has 0 radical (unpaired) electrons. The molecule has 66 valence electrons. The maximum absolute atomic E-state index is 11.2. The molecule has 0 N–H and O–H groups in total. The van der Waals surface area contributed by atoms with Crippen molar-refractivity contribution in [2.45, 2.75) is 33.1 Å². The van der Waals surface area contributed by atoms with Gasteiger partial charge in [-0.05, 0) is 30.9 Å². The van der Waals surface area contributed by atoms with Gasteiger partial charge in [0.1, 0.15) is 0 Å². The molecular weight excluding hydrogens is 148 g/mol. The standard InChI is InChI=1S/C11H16O/c1-4-6-7-10-8(3)11(12)9(10)5-2/h5,9H,2,4,6-7H2,1,3H3. The van der Waals surface area contributed by atoms with Crippen LogP contribution in [0.25, 0.3) is 0 Å². The van der Waals surface area contributed by atoms with Gasteiger partial charge in [-0.3, -0.25) is 4.79 Å². The van der Waals surface area contributed by atoms with E-state index in [1.165, 1.54) is 18.4 Å². The lowest BCUT2D eigenvalue weighted by molar-refractivity contribution is -0.119. The lowest BCUT2D eigenvalue weighted by Crippen LogP contribution is -2.28. The van der Waals surface area contributed by atoms with Gasteiger partial charge in [-0.2, -0.15) is 0 Å². The number of ketones is 1. The predicted molar refractivity (Wildman–Crippen MR) is 50.9 cm³/mol. The highest BCUT2D eigenvalue weighted by molar-refractivity contribution is 6.07. The number of Topliss-reactive ketones (excluding diaryl/α,β-unsaturated/α-hetero) is 1. The third-order valence-electron chi connectivity index (χ3n) is 2.54. The minimum Gasteiger partial charge on any atom is -0.294 e. The van der Waals surface area contributed by atoms with Gasteiger partial charge in [0.25, 0.3) is 0 Å². The first-order chi connectivity index (χ1) is 5.72. The molecule has 0 spiro atoms. The molecule has 0 bridgehead atoms. The normalized spacial score (nSPS) is 22.5. The Morgan fingerprint density at radius 1 is 1.58 bits per heavy atom. The van der Waals surface area contributed by atoms with Gasteiger partial charge in [0.2, 0.25) is 0 Å². The van der Waals surface area contributed by atoms with Gasteiger partial charge in [0.15, 0.2) is 5.78 Å². The number of hydrogen-bond acceptors (Lipinski definition) is 1. The molecule has 1 atom stereocenters. The van der Waals surface area contributed by atoms with Crippen molar-refractivity contribution < 1.29 is 4.79 Å². The average Bonchev–Trinajstić information content (AvgIpc) is 2.10. The number of hydrogen-bond donors (Lipinski definition) is 0. The Morgan fingerprint density at radius 2 is 2.25 bits per heavy atom. The summed E-state index contributed by atoms with van der Waals surface area (Å²) in [5.41, 5.74) is 2.30. The quantitative estimate of drug-likeness (QED) is 0.584. The van der Waals surface area contributed by atoms with Crippen molar-refractivity contribution in [1.82, 2.24) is 0 Å². The molecule has 0 heterocycles. The largest absolute Gasteiger partial charge is 0.294 e. The fourth-order valence-electron chi connectivity index (χ4n) is 1.66. The van der Waals surface area contributed by atoms with Gasteiger partial charge in [-0.1, -0.05) is 19.4 Å². The molecule has 1 aliphatic rings. The molecule has 0 amide bonds. The second-order valence-electron chi connectivity index (χ2n) is 3.33. The fraction of sp³-hybridized carbons (Fsp3) is 0.545. The number of carbonyl (C=O) groups excluding carboxylic acids is 1. The zero-order valence-corrected chi connectivity index (χ0v) is 7.89. The number of unbranched alkanes of at least 4 members (excludes halogenated alkanes) is 1. The van der Waals surface area contributed by atoms with Gasteiger partial charge >= 0.3 is 0 Å². The van der Waals surface area contributed by atoms with Crippen LogP contribution in [0.3, 0.4) is 0 Å². The van der Waals surface area contributed by atoms with E-state index in [4.69, 9.17) is 0 Å². The molecule has 1 rings (SSSR count). The molecule has 0 fully saturated rings. The summed E-state index contributed by atoms with van der Waals surface area (Å²) in [5, 5.41) is 0. The molecule has 0 aromatic heterocycles. The molecule has 0 saturated carbocycles. The summed E-state index contributed by atoms with van der Waals surface area (Å²) in [6.07, 6.45) is 5.21. The molecule has 0 aromatic rings. The van der Waals surface area contributed by atoms with Crippen LogP contribution in [0.1, 0.15) is 33.1 Å². The third-order valence-corrected chi connectivity index (χ3v) is 2.54. The van der Waals surface area contributed by atoms with Crippen molar-refractivity contribution in [3.63, 3.8) is 0 Å². The smallest absolute Gasteiger partial charge is 0.169 e. The van der Waals surface area contributed by atoms with Crippen LogP contribution >= 0.6 is 0 Å². The van der Waals surface area contributed by atoms with Crippen molar-refractivity contribution in [2.24, 2.45) is 5.92 Å². The van der Waals surface area contributed by atoms with Crippen LogP contribution in [0.4, 0.5) is 0 Å². The van der Waals surface area contributed by atoms with Crippen LogP contribution in [-0.4, -0.2) is 5.78 Å². The summed E-state index contributed by atoms with van der Waals surface area (Å²) in [4.78, 5) is 11.2. The zero-order chi connectivity index (χ0) is 9.14. The molecule has 1 nitrogen and oxygen atoms in total. The zero-order valence-electron chi connectivity index (χ0n) is 7.89. The van der Waals surface area contributed by atoms with E-state index in [2.05, 4.69) is 13.5 Å². The Hall–Kier alpha value is -0.850. The summed E-state index contributed by atoms with van der Waals surface area (Å²) in [5.74, 6) is 0.327. The molecule has 0 aromatic carbocycles. The molecule has 0 aliphatic heterocycles. The first kappa shape index (κ1) is 9.24. The highest BCUT2D eigenvalue weighted by Crippen LogP contribution is 2.34. The van der Waals surface area contributed by atoms with Gasteiger partial charge in [-0.25, -0.2) is 0 Å². The van der Waals surface area contributed by atoms with Gasteiger partial charge in [0, 0.05) is 0 Å². The Kier molecular flexibility index (Phi) is 2.85. The van der Waals surface area contributed by atoms with Crippen molar-refractivity contribution in [3.8, 4) is 0 Å². The highest BCUT2D eigenvalue weighted by Gasteiger charge is 2.32. The lowest BCUT2D eigenvalue weighted by Gasteiger charge is -2.27. The Labute approximate surface area is 74.2 Å². The Balaban J connectivity index is 2.62. The molecule has 1 unspecified atom stereocenters. The van der Waals surface area contributed by atoms with Crippen LogP contribution in [0, 0.1) is 5.92 Å². The van der Waals surface area contributed by atoms with Crippen molar-refractivity contribution in [2.75, 3.05) is 0 Å². The molecule has 1 aliphatic carbocycles. The van der Waals surface area contributed by atoms with E-state index in [-0.39, 0.29) is 11.7 Å². The highest BCUT2D eigenvalue weighted by atomic mass is 16.1. The predicted octanol–water partition coefficient (Wildman–Crippen LogP) is 2.88. The molecule has 1 heteroatoms. The molecular formula is C11H16O. The number of allylic oxidation sites excluding steroid dienone is 3. The first-order valence-corrected chi connectivity index (χ1v) is 4.58. The molecule has 12 heavy (non-hydrogen) atoms. The maximum atomic E-state index is 11.2. The van der Waals surface area contributed by atoms with E-state index in [1.807, 2.05) is 6.92 Å². The topological polar surface area (TPSA) is 17.1 Å². The van der Waals surface area contributed by atoms with E-state index in [9.17, 15) is 4.79 Å². The molecule has 0 saturated heterocycles. The van der Waals surface area contributed by atoms with Crippen molar-refractivity contribution in [3.05, 3.63) is 23.8 Å². The minimum absolute atomic E-state index is 0.0524. The van der Waals surface area contributed by atoms with E-state index in [0.29, 0.717) is 0 Å². The van der Waals surface area contributed by atoms with Crippen LogP contribution in [-0.2, 0) is 4.79 Å². The van der Waals surface area contributed by atoms with E-state index < -0.39 is 0 Å². The van der Waals surface area contributed by atoms with Crippen molar-refractivity contribution >= 4 is 5.78 Å². The minimum atomic E-state index is 0.0524. The van der Waals surface area contributed by atoms with Gasteiger partial charge in [0.05, 0.1) is 5.92 Å². The van der Waals surface area contributed by atoms with Crippen LogP contribution in [0.5, 0.6) is 0 Å². The second-order valence-corrected chi connectivity index (χ2v) is 3.33. The fourth-order valence-corrected chi connectivity index (χ4v) is 1.66. The average molecular weight is 164 g/mol. The second kappa shape index (κ2) is 3.70. The maximum Gasteiger partial charge on any atom is 0.169 e. The monoisotopic (exact) mass is 164 g/mol. The summed E-state index contributed by atoms with van der Waals surface area (Å²) < 4.78 is 0. The summed E-state index contributed by atoms with van der Waals surface area (Å²) >= 11 is 0. The van der Waals surface area contributed by atoms with E-state index in [0.717, 1.165) is 12.0 Å². The Morgan fingerprint density at radius 3 is 2.75 bits per heavy atom. The third kappa shape index (κ3) is 1.36. The summed E-state index contributed by atoms with van der Waals surface area (Å²) in [6.45, 7) is 7.76. The van der Waals surface area contributed by atoms with Gasteiger partial charge in [-0.15, -0.1) is 6.58 Å². The SMILES string of the molecule is C=CC1C(=O)C(C)=C1CCCC.